The summed E-state index contributed by atoms with van der Waals surface area (Å²) in [6, 6.07) is 3.18. The van der Waals surface area contributed by atoms with Gasteiger partial charge >= 0.3 is 6.18 Å². The van der Waals surface area contributed by atoms with Crippen LogP contribution in [0.15, 0.2) is 23.2 Å². The zero-order chi connectivity index (χ0) is 18.2. The number of benzene rings is 1. The van der Waals surface area contributed by atoms with E-state index in [0.29, 0.717) is 0 Å². The number of carbonyl (C=O) groups excluding carboxylic acids is 1. The number of rotatable bonds is 2. The number of hydrogen-bond donors (Lipinski definition) is 4. The number of tetrazole rings is 1. The second-order valence-electron chi connectivity index (χ2n) is 4.93. The molecule has 13 heteroatoms. The predicted octanol–water partition coefficient (Wildman–Crippen LogP) is 1.46. The molecule has 1 amide bonds. The van der Waals surface area contributed by atoms with Gasteiger partial charge in [-0.15, -0.1) is 17.5 Å². The number of alkyl halides is 3. The van der Waals surface area contributed by atoms with Gasteiger partial charge in [0.2, 0.25) is 0 Å². The minimum Gasteiger partial charge on any atom is -0.370 e. The van der Waals surface area contributed by atoms with Gasteiger partial charge in [0.1, 0.15) is 5.69 Å². The number of amides is 1. The van der Waals surface area contributed by atoms with Crippen LogP contribution in [0, 0.1) is 0 Å². The Kier molecular flexibility index (Phi) is 5.16. The molecule has 138 valence electrons. The van der Waals surface area contributed by atoms with Crippen molar-refractivity contribution in [3.8, 4) is 11.4 Å². The third kappa shape index (κ3) is 3.44. The van der Waals surface area contributed by atoms with Gasteiger partial charge in [-0.3, -0.25) is 4.79 Å². The first kappa shape index (κ1) is 19.2. The molecule has 3 rings (SSSR count). The Morgan fingerprint density at radius 1 is 1.35 bits per heavy atom. The molecule has 0 saturated carbocycles. The Bertz CT molecular complexity index is 964. The summed E-state index contributed by atoms with van der Waals surface area (Å²) in [7, 11) is 1.45. The summed E-state index contributed by atoms with van der Waals surface area (Å²) in [5.41, 5.74) is 4.67. The van der Waals surface area contributed by atoms with Gasteiger partial charge in [0, 0.05) is 18.0 Å². The lowest BCUT2D eigenvalue weighted by Crippen LogP contribution is -2.28. The molecule has 2 heterocycles. The fourth-order valence-electron chi connectivity index (χ4n) is 2.28. The number of nitrogens with one attached hydrogen (secondary N) is 3. The maximum absolute atomic E-state index is 13.3. The molecule has 0 fully saturated rings. The number of nitrogens with zero attached hydrogens (tertiary/aromatic N) is 4. The summed E-state index contributed by atoms with van der Waals surface area (Å²) in [5, 5.41) is 15.2. The summed E-state index contributed by atoms with van der Waals surface area (Å²) >= 11 is 0. The average Bonchev–Trinajstić information content (AvgIpc) is 3.22. The molecule has 26 heavy (non-hydrogen) atoms. The Balaban J connectivity index is 0.00000243. The number of H-pyrrole nitrogens is 2. The second kappa shape index (κ2) is 7.00. The number of hydrogen-bond acceptors (Lipinski definition) is 4. The van der Waals surface area contributed by atoms with E-state index in [1.165, 1.54) is 13.1 Å². The molecule has 0 aliphatic rings. The lowest BCUT2D eigenvalue weighted by atomic mass is 10.0. The van der Waals surface area contributed by atoms with E-state index >= 15 is 0 Å². The van der Waals surface area contributed by atoms with Gasteiger partial charge in [-0.25, -0.2) is 5.10 Å². The maximum atomic E-state index is 13.3. The van der Waals surface area contributed by atoms with Crippen LogP contribution in [-0.4, -0.2) is 44.5 Å². The fraction of sp³-hybridized carbons (Fsp3) is 0.154. The average molecular weight is 389 g/mol. The van der Waals surface area contributed by atoms with E-state index in [0.717, 1.165) is 12.1 Å². The molecule has 0 aliphatic heterocycles. The maximum Gasteiger partial charge on any atom is 0.417 e. The highest BCUT2D eigenvalue weighted by atomic mass is 35.5. The van der Waals surface area contributed by atoms with Crippen LogP contribution in [0.25, 0.3) is 22.3 Å². The number of aliphatic imine (C=N–C) groups is 1. The molecule has 0 spiro atoms. The van der Waals surface area contributed by atoms with Crippen LogP contribution < -0.4 is 11.1 Å². The van der Waals surface area contributed by atoms with Gasteiger partial charge in [0.25, 0.3) is 5.91 Å². The van der Waals surface area contributed by atoms with Crippen molar-refractivity contribution >= 4 is 35.2 Å². The minimum absolute atomic E-state index is 0. The van der Waals surface area contributed by atoms with E-state index in [2.05, 4.69) is 35.9 Å². The van der Waals surface area contributed by atoms with E-state index in [1.807, 2.05) is 0 Å². The SMILES string of the molecule is CNC(N)=NC(=O)c1cc2c(C(F)(F)F)ccc(-c3nnn[nH]3)c2[nH]1.Cl. The molecule has 2 aromatic heterocycles. The number of guanidine groups is 1. The van der Waals surface area contributed by atoms with Crippen LogP contribution >= 0.6 is 12.4 Å². The molecular formula is C13H12ClF3N8O. The highest BCUT2D eigenvalue weighted by molar-refractivity contribution is 6.06. The topological polar surface area (TPSA) is 138 Å². The fourth-order valence-corrected chi connectivity index (χ4v) is 2.28. The van der Waals surface area contributed by atoms with Crippen molar-refractivity contribution in [3.63, 3.8) is 0 Å². The highest BCUT2D eigenvalue weighted by Crippen LogP contribution is 2.38. The second-order valence-corrected chi connectivity index (χ2v) is 4.93. The summed E-state index contributed by atoms with van der Waals surface area (Å²) in [6.45, 7) is 0. The minimum atomic E-state index is -4.60. The molecule has 0 radical (unpaired) electrons. The summed E-state index contributed by atoms with van der Waals surface area (Å²) in [6.07, 6.45) is -4.60. The third-order valence-corrected chi connectivity index (χ3v) is 3.41. The van der Waals surface area contributed by atoms with Crippen LogP contribution in [0.5, 0.6) is 0 Å². The number of aromatic nitrogens is 5. The van der Waals surface area contributed by atoms with Crippen molar-refractivity contribution in [2.75, 3.05) is 7.05 Å². The summed E-state index contributed by atoms with van der Waals surface area (Å²) in [4.78, 5) is 18.2. The number of aromatic amines is 2. The predicted molar refractivity (Wildman–Crippen MR) is 88.7 cm³/mol. The Labute approximate surface area is 149 Å². The van der Waals surface area contributed by atoms with Gasteiger partial charge < -0.3 is 16.0 Å². The molecule has 0 unspecified atom stereocenters. The first-order chi connectivity index (χ1) is 11.8. The van der Waals surface area contributed by atoms with E-state index in [4.69, 9.17) is 5.73 Å². The van der Waals surface area contributed by atoms with Gasteiger partial charge in [-0.1, -0.05) is 0 Å². The van der Waals surface area contributed by atoms with E-state index in [1.54, 1.807) is 0 Å². The summed E-state index contributed by atoms with van der Waals surface area (Å²) < 4.78 is 39.8. The van der Waals surface area contributed by atoms with Crippen LogP contribution in [0.1, 0.15) is 16.1 Å². The Morgan fingerprint density at radius 3 is 2.65 bits per heavy atom. The van der Waals surface area contributed by atoms with Gasteiger partial charge in [0.05, 0.1) is 11.1 Å². The zero-order valence-electron chi connectivity index (χ0n) is 13.0. The zero-order valence-corrected chi connectivity index (χ0v) is 13.9. The largest absolute Gasteiger partial charge is 0.417 e. The van der Waals surface area contributed by atoms with Crippen LogP contribution in [0.4, 0.5) is 13.2 Å². The first-order valence-electron chi connectivity index (χ1n) is 6.84. The molecule has 9 nitrogen and oxygen atoms in total. The lowest BCUT2D eigenvalue weighted by Gasteiger charge is -2.09. The van der Waals surface area contributed by atoms with Crippen molar-refractivity contribution in [1.29, 1.82) is 0 Å². The Morgan fingerprint density at radius 2 is 2.08 bits per heavy atom. The molecule has 0 atom stereocenters. The van der Waals surface area contributed by atoms with Gasteiger partial charge in [0.15, 0.2) is 11.8 Å². The van der Waals surface area contributed by atoms with Crippen molar-refractivity contribution in [2.45, 2.75) is 6.18 Å². The molecule has 0 saturated heterocycles. The van der Waals surface area contributed by atoms with Crippen molar-refractivity contribution in [2.24, 2.45) is 10.7 Å². The summed E-state index contributed by atoms with van der Waals surface area (Å²) in [5.74, 6) is -0.838. The lowest BCUT2D eigenvalue weighted by molar-refractivity contribution is -0.136. The first-order valence-corrected chi connectivity index (χ1v) is 6.84. The van der Waals surface area contributed by atoms with Crippen LogP contribution in [0.2, 0.25) is 0 Å². The molecule has 5 N–H and O–H groups in total. The van der Waals surface area contributed by atoms with Crippen molar-refractivity contribution in [3.05, 3.63) is 29.5 Å². The standard InChI is InChI=1S/C13H11F3N8O.ClH/c1-18-12(17)20-11(25)8-4-6-7(13(14,15)16)3-2-5(9(6)19-8)10-21-23-24-22-10;/h2-4,19H,1H3,(H3,17,18,20,25)(H,21,22,23,24);1H. The van der Waals surface area contributed by atoms with Crippen LogP contribution in [-0.2, 0) is 6.18 Å². The number of nitrogens with two attached hydrogens (primary N) is 1. The third-order valence-electron chi connectivity index (χ3n) is 3.41. The normalized spacial score (nSPS) is 12.1. The molecular weight excluding hydrogens is 377 g/mol. The van der Waals surface area contributed by atoms with Gasteiger partial charge in [-0.2, -0.15) is 18.2 Å². The molecule has 3 aromatic rings. The number of carbonyl (C=O) groups is 1. The van der Waals surface area contributed by atoms with E-state index in [9.17, 15) is 18.0 Å². The Hall–Kier alpha value is -3.15. The smallest absolute Gasteiger partial charge is 0.370 e. The molecule has 0 bridgehead atoms. The van der Waals surface area contributed by atoms with Crippen molar-refractivity contribution < 1.29 is 18.0 Å². The van der Waals surface area contributed by atoms with Crippen LogP contribution in [0.3, 0.4) is 0 Å². The molecule has 0 aliphatic carbocycles. The molecule has 1 aromatic carbocycles. The number of halogens is 4. The monoisotopic (exact) mass is 388 g/mol. The van der Waals surface area contributed by atoms with E-state index < -0.39 is 17.6 Å². The highest BCUT2D eigenvalue weighted by Gasteiger charge is 2.34. The number of fused-ring (bicyclic) bond motifs is 1. The van der Waals surface area contributed by atoms with Crippen molar-refractivity contribution in [1.82, 2.24) is 30.9 Å². The van der Waals surface area contributed by atoms with E-state index in [-0.39, 0.29) is 46.4 Å². The quantitative estimate of drug-likeness (QED) is 0.387. The van der Waals surface area contributed by atoms with Gasteiger partial charge in [-0.05, 0) is 28.6 Å².